The summed E-state index contributed by atoms with van der Waals surface area (Å²) in [4.78, 5) is 69.2. The predicted molar refractivity (Wildman–Crippen MR) is 193 cm³/mol. The van der Waals surface area contributed by atoms with Crippen LogP contribution in [0.3, 0.4) is 0 Å². The highest BCUT2D eigenvalue weighted by Gasteiger charge is 2.72. The molecule has 1 aliphatic heterocycles. The monoisotopic (exact) mass is 737 g/mol. The highest BCUT2D eigenvalue weighted by Crippen LogP contribution is 2.75. The van der Waals surface area contributed by atoms with E-state index in [2.05, 4.69) is 32.6 Å². The summed E-state index contributed by atoms with van der Waals surface area (Å²) in [5, 5.41) is 10.3. The number of carbonyl (C=O) groups is 4. The molecule has 0 radical (unpaired) electrons. The molecule has 11 heteroatoms. The Labute approximate surface area is 312 Å². The van der Waals surface area contributed by atoms with Gasteiger partial charge in [0.05, 0.1) is 23.4 Å². The number of hydrogen-bond donors (Lipinski definition) is 1. The molecule has 5 aliphatic carbocycles. The molecule has 1 unspecified atom stereocenters. The molecule has 1 aromatic rings. The molecule has 0 aromatic carbocycles. The van der Waals surface area contributed by atoms with Crippen molar-refractivity contribution in [2.24, 2.45) is 56.2 Å². The Bertz CT molecular complexity index is 1790. The van der Waals surface area contributed by atoms with Crippen LogP contribution in [0, 0.1) is 63.1 Å². The summed E-state index contributed by atoms with van der Waals surface area (Å²) in [7, 11) is 0. The maximum Gasteiger partial charge on any atom is 0.519 e. The fraction of sp³-hybridized carbons (Fsp3) is 0.786. The van der Waals surface area contributed by atoms with Gasteiger partial charge >= 0.3 is 23.7 Å². The summed E-state index contributed by atoms with van der Waals surface area (Å²) in [5.74, 6) is -2.49. The quantitative estimate of drug-likeness (QED) is 0.291. The van der Waals surface area contributed by atoms with Crippen molar-refractivity contribution in [1.29, 1.82) is 0 Å². The number of ether oxygens (including phenoxy) is 2. The van der Waals surface area contributed by atoms with Crippen molar-refractivity contribution >= 4 is 23.7 Å². The number of nitrogens with zero attached hydrogens (tertiary/aromatic N) is 1. The minimum absolute atomic E-state index is 0.0216. The van der Waals surface area contributed by atoms with E-state index in [0.29, 0.717) is 51.8 Å². The summed E-state index contributed by atoms with van der Waals surface area (Å²) < 4.78 is 21.7. The first-order valence-electron chi connectivity index (χ1n) is 19.9. The lowest BCUT2D eigenvalue weighted by atomic mass is 9.33. The van der Waals surface area contributed by atoms with Crippen LogP contribution in [0.15, 0.2) is 25.3 Å². The zero-order valence-electron chi connectivity index (χ0n) is 32.9. The number of carboxylic acids is 1. The topological polar surface area (TPSA) is 154 Å². The summed E-state index contributed by atoms with van der Waals surface area (Å²) >= 11 is 0. The number of likely N-dealkylation sites (tertiary alicyclic amines) is 1. The van der Waals surface area contributed by atoms with E-state index in [1.165, 1.54) is 0 Å². The molecule has 292 valence electrons. The first kappa shape index (κ1) is 38.1. The molecule has 0 amide bonds. The summed E-state index contributed by atoms with van der Waals surface area (Å²) in [6, 6.07) is -0.235. The second kappa shape index (κ2) is 12.7. The number of aryl methyl sites for hydroxylation is 1. The number of allylic oxidation sites excluding steroid dienone is 2. The second-order valence-electron chi connectivity index (χ2n) is 19.1. The Morgan fingerprint density at radius 1 is 0.925 bits per heavy atom. The summed E-state index contributed by atoms with van der Waals surface area (Å²) in [6.07, 6.45) is 9.38. The fourth-order valence-corrected chi connectivity index (χ4v) is 13.2. The van der Waals surface area contributed by atoms with Crippen LogP contribution in [0.1, 0.15) is 124 Å². The van der Waals surface area contributed by atoms with Gasteiger partial charge in [0, 0.05) is 18.5 Å². The highest BCUT2D eigenvalue weighted by molar-refractivity contribution is 5.96. The Kier molecular flexibility index (Phi) is 9.10. The van der Waals surface area contributed by atoms with E-state index in [0.717, 1.165) is 37.7 Å². The lowest BCUT2D eigenvalue weighted by Crippen LogP contribution is -2.69. The second-order valence-corrected chi connectivity index (χ2v) is 19.1. The van der Waals surface area contributed by atoms with E-state index in [-0.39, 0.29) is 70.4 Å². The summed E-state index contributed by atoms with van der Waals surface area (Å²) in [5.41, 5.74) is -2.00. The van der Waals surface area contributed by atoms with Gasteiger partial charge in [0.25, 0.3) is 0 Å². The number of carboxylic acid groups (broad SMARTS) is 1. The number of aliphatic carboxylic acids is 1. The third-order valence-electron chi connectivity index (χ3n) is 16.6. The number of fused-ring (bicyclic) bond motifs is 7. The highest BCUT2D eigenvalue weighted by atomic mass is 16.6. The minimum Gasteiger partial charge on any atom is -0.481 e. The van der Waals surface area contributed by atoms with Crippen molar-refractivity contribution in [2.45, 2.75) is 132 Å². The van der Waals surface area contributed by atoms with Crippen molar-refractivity contribution in [2.75, 3.05) is 19.7 Å². The summed E-state index contributed by atoms with van der Waals surface area (Å²) in [6.45, 7) is 17.7. The van der Waals surface area contributed by atoms with Crippen LogP contribution in [0.4, 0.5) is 0 Å². The van der Waals surface area contributed by atoms with E-state index < -0.39 is 39.4 Å². The van der Waals surface area contributed by atoms with E-state index in [4.69, 9.17) is 18.3 Å². The van der Waals surface area contributed by atoms with Gasteiger partial charge in [-0.1, -0.05) is 33.3 Å². The zero-order chi connectivity index (χ0) is 38.5. The maximum absolute atomic E-state index is 15.0. The molecule has 5 fully saturated rings. The normalized spacial score (nSPS) is 43.8. The first-order valence-corrected chi connectivity index (χ1v) is 19.9. The molecule has 11 nitrogen and oxygen atoms in total. The Hall–Kier alpha value is -3.21. The SMILES string of the molecule is CCOC(=O)C1CCN([C@H]2CC[C@@]3(C)[C@@H](CC[C@]4(C)[C@@H]3C(=O)C=C3[C@@H]5C[C@@](C)(C(=O)O)CC[C@]5(C)CC[C@]34C)[C@]2(C)C(=O)OCc2oc(=O)oc2C)C1. The van der Waals surface area contributed by atoms with Crippen molar-refractivity contribution in [3.05, 3.63) is 33.8 Å². The third-order valence-corrected chi connectivity index (χ3v) is 16.6. The van der Waals surface area contributed by atoms with Crippen LogP contribution in [0.5, 0.6) is 0 Å². The van der Waals surface area contributed by atoms with Gasteiger partial charge in [-0.3, -0.25) is 24.1 Å². The lowest BCUT2D eigenvalue weighted by molar-refractivity contribution is -0.211. The van der Waals surface area contributed by atoms with Gasteiger partial charge in [0.2, 0.25) is 0 Å². The van der Waals surface area contributed by atoms with E-state index in [1.807, 2.05) is 19.9 Å². The maximum atomic E-state index is 15.0. The molecule has 4 saturated carbocycles. The molecule has 6 aliphatic rings. The molecule has 2 heterocycles. The van der Waals surface area contributed by atoms with Crippen molar-refractivity contribution < 1.29 is 42.6 Å². The van der Waals surface area contributed by atoms with Crippen molar-refractivity contribution in [3.8, 4) is 0 Å². The molecule has 0 spiro atoms. The molecule has 53 heavy (non-hydrogen) atoms. The Morgan fingerprint density at radius 3 is 2.30 bits per heavy atom. The Morgan fingerprint density at radius 2 is 1.64 bits per heavy atom. The third kappa shape index (κ3) is 5.47. The molecule has 7 rings (SSSR count). The van der Waals surface area contributed by atoms with Gasteiger partial charge in [0.1, 0.15) is 0 Å². The fourth-order valence-electron chi connectivity index (χ4n) is 13.2. The lowest BCUT2D eigenvalue weighted by Gasteiger charge is -2.70. The first-order chi connectivity index (χ1) is 24.8. The number of carbonyl (C=O) groups excluding carboxylic acids is 3. The van der Waals surface area contributed by atoms with Gasteiger partial charge in [-0.15, -0.1) is 0 Å². The predicted octanol–water partition coefficient (Wildman–Crippen LogP) is 6.88. The zero-order valence-corrected chi connectivity index (χ0v) is 32.9. The van der Waals surface area contributed by atoms with E-state index >= 15 is 0 Å². The van der Waals surface area contributed by atoms with Crippen molar-refractivity contribution in [1.82, 2.24) is 4.90 Å². The average Bonchev–Trinajstić information content (AvgIpc) is 3.71. The van der Waals surface area contributed by atoms with Gasteiger partial charge < -0.3 is 23.4 Å². The van der Waals surface area contributed by atoms with E-state index in [1.54, 1.807) is 13.8 Å². The molecule has 1 N–H and O–H groups in total. The smallest absolute Gasteiger partial charge is 0.481 e. The molecular formula is C42H59NO10. The van der Waals surface area contributed by atoms with Gasteiger partial charge in [-0.25, -0.2) is 4.79 Å². The standard InChI is InChI=1S/C42H59NO10/c1-9-50-33(45)25-12-19-43(22-25)31-11-13-39(5)30(42(31,8)35(48)51-23-29-24(2)52-36(49)53-29)10-14-41(7)32(39)28(44)20-26-27-21-38(4,34(46)47)16-15-37(27,3)17-18-40(26,41)6/h20,25,27,30-32H,9-19,21-23H2,1-8H3,(H,46,47)/t25?,27-,30+,31-,32+,37+,38-,39-,40+,41+,42-/m0/s1. The van der Waals surface area contributed by atoms with Gasteiger partial charge in [-0.2, -0.15) is 0 Å². The minimum atomic E-state index is -1.04. The number of ketones is 1. The van der Waals surface area contributed by atoms with E-state index in [9.17, 15) is 29.1 Å². The van der Waals surface area contributed by atoms with Gasteiger partial charge in [-0.05, 0) is 138 Å². The number of hydrogen-bond acceptors (Lipinski definition) is 10. The van der Waals surface area contributed by atoms with Crippen molar-refractivity contribution in [3.63, 3.8) is 0 Å². The molecular weight excluding hydrogens is 678 g/mol. The number of esters is 2. The Balaban J connectivity index is 1.26. The molecule has 1 saturated heterocycles. The van der Waals surface area contributed by atoms with Crippen LogP contribution in [-0.4, -0.2) is 59.4 Å². The van der Waals surface area contributed by atoms with Crippen LogP contribution in [-0.2, 0) is 35.3 Å². The van der Waals surface area contributed by atoms with Crippen LogP contribution in [0.2, 0.25) is 0 Å². The van der Waals surface area contributed by atoms with Crippen LogP contribution < -0.4 is 5.82 Å². The van der Waals surface area contributed by atoms with Gasteiger partial charge in [0.15, 0.2) is 23.9 Å². The molecule has 0 bridgehead atoms. The number of rotatable bonds is 7. The largest absolute Gasteiger partial charge is 0.519 e. The molecule has 1 aromatic heterocycles. The van der Waals surface area contributed by atoms with Crippen LogP contribution in [0.25, 0.3) is 0 Å². The molecule has 11 atom stereocenters. The van der Waals surface area contributed by atoms with Crippen LogP contribution >= 0.6 is 0 Å². The average molecular weight is 738 g/mol.